The molecule has 1 heterocycles. The molecule has 0 spiro atoms. The number of pyridine rings is 1. The normalized spacial score (nSPS) is 12.2. The third kappa shape index (κ3) is 2.21. The summed E-state index contributed by atoms with van der Waals surface area (Å²) in [5, 5.41) is 4.04. The van der Waals surface area contributed by atoms with Gasteiger partial charge >= 0.3 is 0 Å². The highest BCUT2D eigenvalue weighted by atomic mass is 79.9. The van der Waals surface area contributed by atoms with Gasteiger partial charge in [-0.05, 0) is 17.5 Å². The van der Waals surface area contributed by atoms with Crippen LogP contribution in [-0.2, 0) is 5.41 Å². The summed E-state index contributed by atoms with van der Waals surface area (Å²) in [6.07, 6.45) is 0. The topological polar surface area (TPSA) is 12.9 Å². The van der Waals surface area contributed by atoms with Crippen LogP contribution in [0.25, 0.3) is 21.7 Å². The smallest absolute Gasteiger partial charge is 0.0799 e. The van der Waals surface area contributed by atoms with E-state index in [1.165, 1.54) is 0 Å². The molecule has 0 atom stereocenters. The lowest BCUT2D eigenvalue weighted by molar-refractivity contribution is 0.572. The van der Waals surface area contributed by atoms with Crippen LogP contribution in [0.5, 0.6) is 0 Å². The van der Waals surface area contributed by atoms with E-state index in [0.29, 0.717) is 0 Å². The van der Waals surface area contributed by atoms with Crippen LogP contribution in [-0.4, -0.2) is 4.98 Å². The molecule has 0 radical (unpaired) electrons. The minimum Gasteiger partial charge on any atom is -0.252 e. The fourth-order valence-electron chi connectivity index (χ4n) is 2.35. The predicted octanol–water partition coefficient (Wildman–Crippen LogP) is 6.10. The molecule has 0 aliphatic heterocycles. The van der Waals surface area contributed by atoms with Gasteiger partial charge in [0.15, 0.2) is 0 Å². The molecule has 0 saturated carbocycles. The summed E-state index contributed by atoms with van der Waals surface area (Å²) in [6.45, 7) is 6.45. The first-order valence-corrected chi connectivity index (χ1v) is 7.73. The Morgan fingerprint density at radius 1 is 1.00 bits per heavy atom. The molecule has 3 rings (SSSR count). The van der Waals surface area contributed by atoms with Gasteiger partial charge in [0.1, 0.15) is 0 Å². The van der Waals surface area contributed by atoms with Crippen molar-refractivity contribution in [2.75, 3.05) is 0 Å². The van der Waals surface area contributed by atoms with Gasteiger partial charge < -0.3 is 0 Å². The number of halogens is 2. The van der Waals surface area contributed by atoms with E-state index in [2.05, 4.69) is 54.9 Å². The summed E-state index contributed by atoms with van der Waals surface area (Å²) in [6, 6.07) is 12.3. The SMILES string of the molecule is CC(C)(C)c1cc(Cl)c2cc(Br)c3ccccc3c2n1. The second-order valence-corrected chi connectivity index (χ2v) is 7.30. The maximum atomic E-state index is 6.48. The third-order valence-corrected chi connectivity index (χ3v) is 4.46. The van der Waals surface area contributed by atoms with E-state index in [4.69, 9.17) is 16.6 Å². The summed E-state index contributed by atoms with van der Waals surface area (Å²) >= 11 is 10.1. The molecule has 0 bridgehead atoms. The van der Waals surface area contributed by atoms with Crippen molar-refractivity contribution in [1.29, 1.82) is 0 Å². The molecular weight excluding hydrogens is 334 g/mol. The molecular formula is C17H15BrClN. The lowest BCUT2D eigenvalue weighted by atomic mass is 9.91. The van der Waals surface area contributed by atoms with E-state index in [1.807, 2.05) is 18.2 Å². The van der Waals surface area contributed by atoms with Crippen molar-refractivity contribution in [3.63, 3.8) is 0 Å². The van der Waals surface area contributed by atoms with Crippen molar-refractivity contribution >= 4 is 49.2 Å². The van der Waals surface area contributed by atoms with E-state index in [-0.39, 0.29) is 5.41 Å². The van der Waals surface area contributed by atoms with Gasteiger partial charge in [-0.3, -0.25) is 4.98 Å². The number of nitrogens with zero attached hydrogens (tertiary/aromatic N) is 1. The van der Waals surface area contributed by atoms with E-state index in [9.17, 15) is 0 Å². The average Bonchev–Trinajstić information content (AvgIpc) is 2.39. The average molecular weight is 349 g/mol. The number of benzene rings is 2. The van der Waals surface area contributed by atoms with Crippen molar-refractivity contribution in [1.82, 2.24) is 4.98 Å². The molecule has 1 nitrogen and oxygen atoms in total. The van der Waals surface area contributed by atoms with E-state index in [0.717, 1.165) is 36.9 Å². The Morgan fingerprint density at radius 2 is 1.65 bits per heavy atom. The monoisotopic (exact) mass is 347 g/mol. The second kappa shape index (κ2) is 4.71. The molecule has 1 aromatic heterocycles. The Morgan fingerprint density at radius 3 is 2.30 bits per heavy atom. The van der Waals surface area contributed by atoms with Gasteiger partial charge in [0.05, 0.1) is 10.5 Å². The van der Waals surface area contributed by atoms with Gasteiger partial charge in [0.2, 0.25) is 0 Å². The Labute approximate surface area is 132 Å². The minimum atomic E-state index is -0.0218. The van der Waals surface area contributed by atoms with Crippen LogP contribution in [0.1, 0.15) is 26.5 Å². The molecule has 0 amide bonds. The van der Waals surface area contributed by atoms with Crippen molar-refractivity contribution in [2.24, 2.45) is 0 Å². The lowest BCUT2D eigenvalue weighted by Gasteiger charge is -2.19. The molecule has 0 N–H and O–H groups in total. The minimum absolute atomic E-state index is 0.0218. The molecule has 102 valence electrons. The van der Waals surface area contributed by atoms with Crippen molar-refractivity contribution in [2.45, 2.75) is 26.2 Å². The van der Waals surface area contributed by atoms with Gasteiger partial charge in [0.25, 0.3) is 0 Å². The Bertz CT molecular complexity index is 818. The molecule has 3 heteroatoms. The molecule has 0 fully saturated rings. The van der Waals surface area contributed by atoms with Gasteiger partial charge in [-0.25, -0.2) is 0 Å². The largest absolute Gasteiger partial charge is 0.252 e. The fraction of sp³-hybridized carbons (Fsp3) is 0.235. The van der Waals surface area contributed by atoms with Crippen molar-refractivity contribution in [3.05, 3.63) is 51.6 Å². The molecule has 0 unspecified atom stereocenters. The maximum Gasteiger partial charge on any atom is 0.0799 e. The number of hydrogen-bond donors (Lipinski definition) is 0. The van der Waals surface area contributed by atoms with Crippen LogP contribution in [0.2, 0.25) is 5.02 Å². The highest BCUT2D eigenvalue weighted by Crippen LogP contribution is 2.36. The van der Waals surface area contributed by atoms with E-state index < -0.39 is 0 Å². The van der Waals surface area contributed by atoms with E-state index in [1.54, 1.807) is 0 Å². The molecule has 0 aliphatic carbocycles. The molecule has 20 heavy (non-hydrogen) atoms. The summed E-state index contributed by atoms with van der Waals surface area (Å²) in [4.78, 5) is 4.87. The van der Waals surface area contributed by atoms with Gasteiger partial charge in [-0.2, -0.15) is 0 Å². The van der Waals surface area contributed by atoms with Crippen LogP contribution in [0.4, 0.5) is 0 Å². The zero-order chi connectivity index (χ0) is 14.5. The second-order valence-electron chi connectivity index (χ2n) is 6.04. The quantitative estimate of drug-likeness (QED) is 0.447. The highest BCUT2D eigenvalue weighted by molar-refractivity contribution is 9.10. The number of aromatic nitrogens is 1. The van der Waals surface area contributed by atoms with E-state index >= 15 is 0 Å². The molecule has 3 aromatic rings. The highest BCUT2D eigenvalue weighted by Gasteiger charge is 2.18. The summed E-state index contributed by atoms with van der Waals surface area (Å²) in [7, 11) is 0. The van der Waals surface area contributed by atoms with Gasteiger partial charge in [0, 0.05) is 26.4 Å². The number of hydrogen-bond acceptors (Lipinski definition) is 1. The zero-order valence-electron chi connectivity index (χ0n) is 11.7. The van der Waals surface area contributed by atoms with Crippen LogP contribution in [0, 0.1) is 0 Å². The summed E-state index contributed by atoms with van der Waals surface area (Å²) in [5.74, 6) is 0. The zero-order valence-corrected chi connectivity index (χ0v) is 14.0. The number of fused-ring (bicyclic) bond motifs is 3. The summed E-state index contributed by atoms with van der Waals surface area (Å²) in [5.41, 5.74) is 1.97. The predicted molar refractivity (Wildman–Crippen MR) is 90.7 cm³/mol. The van der Waals surface area contributed by atoms with Crippen molar-refractivity contribution in [3.8, 4) is 0 Å². The Hall–Kier alpha value is -1.12. The Kier molecular flexibility index (Phi) is 3.26. The van der Waals surface area contributed by atoms with Crippen LogP contribution < -0.4 is 0 Å². The first kappa shape index (κ1) is 13.8. The lowest BCUT2D eigenvalue weighted by Crippen LogP contribution is -2.13. The van der Waals surface area contributed by atoms with Crippen LogP contribution >= 0.6 is 27.5 Å². The molecule has 0 aliphatic rings. The van der Waals surface area contributed by atoms with Gasteiger partial charge in [-0.15, -0.1) is 0 Å². The number of rotatable bonds is 0. The van der Waals surface area contributed by atoms with Gasteiger partial charge in [-0.1, -0.05) is 72.6 Å². The molecule has 0 saturated heterocycles. The summed E-state index contributed by atoms with van der Waals surface area (Å²) < 4.78 is 1.05. The third-order valence-electron chi connectivity index (χ3n) is 3.49. The maximum absolute atomic E-state index is 6.48. The van der Waals surface area contributed by atoms with Crippen LogP contribution in [0.15, 0.2) is 40.9 Å². The van der Waals surface area contributed by atoms with Crippen LogP contribution in [0.3, 0.4) is 0 Å². The Balaban J connectivity index is 2.51. The standard InChI is InChI=1S/C17H15BrClN/c1-17(2,3)15-9-14(19)12-8-13(18)10-6-4-5-7-11(10)16(12)20-15/h4-9H,1-3H3. The first-order chi connectivity index (χ1) is 9.38. The van der Waals surface area contributed by atoms with Crippen molar-refractivity contribution < 1.29 is 0 Å². The molecule has 2 aromatic carbocycles. The first-order valence-electron chi connectivity index (χ1n) is 6.56. The fourth-order valence-corrected chi connectivity index (χ4v) is 3.18.